The number of carbonyl (C=O) groups excluding carboxylic acids is 1. The molecule has 1 aliphatic heterocycles. The highest BCUT2D eigenvalue weighted by atomic mass is 16.5. The molecule has 0 aromatic heterocycles. The number of ether oxygens (including phenoxy) is 1. The Balaban J connectivity index is 2.54. The molecule has 1 unspecified atom stereocenters. The molecular formula is C11H18N2O4. The lowest BCUT2D eigenvalue weighted by Crippen LogP contribution is -2.53. The van der Waals surface area contributed by atoms with E-state index in [1.54, 1.807) is 0 Å². The number of rotatable bonds is 4. The third-order valence-electron chi connectivity index (χ3n) is 2.44. The van der Waals surface area contributed by atoms with Gasteiger partial charge in [-0.15, -0.1) is 0 Å². The van der Waals surface area contributed by atoms with Gasteiger partial charge >= 0.3 is 12.0 Å². The van der Waals surface area contributed by atoms with Crippen LogP contribution in [-0.4, -0.2) is 54.4 Å². The van der Waals surface area contributed by atoms with Crippen molar-refractivity contribution in [1.29, 1.82) is 0 Å². The molecule has 0 radical (unpaired) electrons. The van der Waals surface area contributed by atoms with Crippen molar-refractivity contribution in [3.05, 3.63) is 12.2 Å². The second kappa shape index (κ2) is 6.24. The number of nitrogens with one attached hydrogen (secondary N) is 1. The molecule has 2 N–H and O–H groups in total. The van der Waals surface area contributed by atoms with Gasteiger partial charge in [-0.05, 0) is 6.92 Å². The summed E-state index contributed by atoms with van der Waals surface area (Å²) in [5.41, 5.74) is 0.849. The number of carbonyl (C=O) groups is 2. The monoisotopic (exact) mass is 242 g/mol. The van der Waals surface area contributed by atoms with Crippen molar-refractivity contribution >= 4 is 12.0 Å². The third-order valence-corrected chi connectivity index (χ3v) is 2.44. The molecule has 0 aromatic carbocycles. The van der Waals surface area contributed by atoms with E-state index < -0.39 is 12.0 Å². The molecule has 1 heterocycles. The predicted molar refractivity (Wildman–Crippen MR) is 61.8 cm³/mol. The Morgan fingerprint density at radius 1 is 1.59 bits per heavy atom. The molecule has 2 amide bonds. The summed E-state index contributed by atoms with van der Waals surface area (Å²) in [5, 5.41) is 11.4. The van der Waals surface area contributed by atoms with Crippen LogP contribution in [0.15, 0.2) is 12.2 Å². The Hall–Kier alpha value is -1.56. The molecule has 0 aliphatic carbocycles. The number of amides is 2. The number of nitrogens with zero attached hydrogens (tertiary/aromatic N) is 1. The van der Waals surface area contributed by atoms with Gasteiger partial charge in [0.15, 0.2) is 0 Å². The van der Waals surface area contributed by atoms with Crippen LogP contribution in [0.25, 0.3) is 0 Å². The van der Waals surface area contributed by atoms with Crippen molar-refractivity contribution in [2.24, 2.45) is 0 Å². The standard InChI is InChI=1S/C11H18N2O4/c1-8(2)6-12-11(16)13-3-4-17-7-9(13)5-10(14)15/h9H,1,3-7H2,2H3,(H,12,16)(H,14,15). The Morgan fingerprint density at radius 2 is 2.29 bits per heavy atom. The number of aliphatic carboxylic acids is 1. The molecule has 1 fully saturated rings. The zero-order valence-corrected chi connectivity index (χ0v) is 9.94. The SMILES string of the molecule is C=C(C)CNC(=O)N1CCOCC1CC(=O)O. The fourth-order valence-electron chi connectivity index (χ4n) is 1.62. The smallest absolute Gasteiger partial charge is 0.318 e. The van der Waals surface area contributed by atoms with Gasteiger partial charge in [0, 0.05) is 13.1 Å². The number of carboxylic acids is 1. The van der Waals surface area contributed by atoms with Crippen LogP contribution in [-0.2, 0) is 9.53 Å². The van der Waals surface area contributed by atoms with Crippen LogP contribution in [0.2, 0.25) is 0 Å². The van der Waals surface area contributed by atoms with Gasteiger partial charge in [0.1, 0.15) is 0 Å². The van der Waals surface area contributed by atoms with E-state index in [-0.39, 0.29) is 19.1 Å². The number of urea groups is 1. The molecule has 1 atom stereocenters. The highest BCUT2D eigenvalue weighted by Gasteiger charge is 2.28. The molecule has 6 nitrogen and oxygen atoms in total. The van der Waals surface area contributed by atoms with Crippen molar-refractivity contribution in [2.45, 2.75) is 19.4 Å². The first-order chi connectivity index (χ1) is 8.00. The topological polar surface area (TPSA) is 78.9 Å². The molecule has 1 aliphatic rings. The van der Waals surface area contributed by atoms with E-state index in [0.717, 1.165) is 5.57 Å². The number of morpholine rings is 1. The van der Waals surface area contributed by atoms with Crippen LogP contribution in [0.5, 0.6) is 0 Å². The minimum Gasteiger partial charge on any atom is -0.481 e. The van der Waals surface area contributed by atoms with Gasteiger partial charge in [0.25, 0.3) is 0 Å². The van der Waals surface area contributed by atoms with E-state index >= 15 is 0 Å². The average molecular weight is 242 g/mol. The van der Waals surface area contributed by atoms with Crippen molar-refractivity contribution in [2.75, 3.05) is 26.3 Å². The molecule has 0 spiro atoms. The third kappa shape index (κ3) is 4.44. The summed E-state index contributed by atoms with van der Waals surface area (Å²) in [6.07, 6.45) is -0.0967. The quantitative estimate of drug-likeness (QED) is 0.701. The summed E-state index contributed by atoms with van der Waals surface area (Å²) in [5.74, 6) is -0.932. The summed E-state index contributed by atoms with van der Waals surface area (Å²) < 4.78 is 5.19. The van der Waals surface area contributed by atoms with Gasteiger partial charge in [0.05, 0.1) is 25.7 Å². The van der Waals surface area contributed by atoms with Crippen LogP contribution in [0.3, 0.4) is 0 Å². The largest absolute Gasteiger partial charge is 0.481 e. The highest BCUT2D eigenvalue weighted by molar-refractivity contribution is 5.76. The Bertz CT molecular complexity index is 317. The van der Waals surface area contributed by atoms with E-state index in [9.17, 15) is 9.59 Å². The van der Waals surface area contributed by atoms with Crippen LogP contribution in [0.4, 0.5) is 4.79 Å². The van der Waals surface area contributed by atoms with Crippen molar-refractivity contribution in [3.63, 3.8) is 0 Å². The van der Waals surface area contributed by atoms with Crippen LogP contribution < -0.4 is 5.32 Å². The van der Waals surface area contributed by atoms with E-state index in [1.165, 1.54) is 4.90 Å². The Kier molecular flexibility index (Phi) is 4.96. The summed E-state index contributed by atoms with van der Waals surface area (Å²) in [6.45, 7) is 7.03. The Labute approximate surface area is 100 Å². The summed E-state index contributed by atoms with van der Waals surface area (Å²) in [7, 11) is 0. The van der Waals surface area contributed by atoms with E-state index in [1.807, 2.05) is 6.92 Å². The Morgan fingerprint density at radius 3 is 2.88 bits per heavy atom. The van der Waals surface area contributed by atoms with Crippen LogP contribution in [0, 0.1) is 0 Å². The lowest BCUT2D eigenvalue weighted by atomic mass is 10.1. The van der Waals surface area contributed by atoms with Gasteiger partial charge in [-0.1, -0.05) is 12.2 Å². The van der Waals surface area contributed by atoms with Crippen molar-refractivity contribution in [3.8, 4) is 0 Å². The predicted octanol–water partition coefficient (Wildman–Crippen LogP) is 0.448. The van der Waals surface area contributed by atoms with E-state index in [0.29, 0.717) is 19.7 Å². The second-order valence-electron chi connectivity index (χ2n) is 4.14. The van der Waals surface area contributed by atoms with Gasteiger partial charge in [-0.25, -0.2) is 4.79 Å². The number of hydrogen-bond acceptors (Lipinski definition) is 3. The number of carboxylic acid groups (broad SMARTS) is 1. The van der Waals surface area contributed by atoms with E-state index in [4.69, 9.17) is 9.84 Å². The zero-order valence-electron chi connectivity index (χ0n) is 9.94. The normalized spacial score (nSPS) is 19.8. The van der Waals surface area contributed by atoms with Gasteiger partial charge in [-0.3, -0.25) is 4.79 Å². The van der Waals surface area contributed by atoms with Crippen LogP contribution >= 0.6 is 0 Å². The lowest BCUT2D eigenvalue weighted by molar-refractivity contribution is -0.139. The molecule has 17 heavy (non-hydrogen) atoms. The van der Waals surface area contributed by atoms with Gasteiger partial charge < -0.3 is 20.1 Å². The molecule has 1 rings (SSSR count). The summed E-state index contributed by atoms with van der Waals surface area (Å²) >= 11 is 0. The number of hydrogen-bond donors (Lipinski definition) is 2. The van der Waals surface area contributed by atoms with Crippen LogP contribution in [0.1, 0.15) is 13.3 Å². The molecule has 1 saturated heterocycles. The fraction of sp³-hybridized carbons (Fsp3) is 0.636. The van der Waals surface area contributed by atoms with Crippen molar-refractivity contribution < 1.29 is 19.4 Å². The maximum atomic E-state index is 11.8. The van der Waals surface area contributed by atoms with Gasteiger partial charge in [0.2, 0.25) is 0 Å². The minimum absolute atomic E-state index is 0.0967. The highest BCUT2D eigenvalue weighted by Crippen LogP contribution is 2.10. The molecule has 6 heteroatoms. The minimum atomic E-state index is -0.932. The lowest BCUT2D eigenvalue weighted by Gasteiger charge is -2.34. The maximum Gasteiger partial charge on any atom is 0.318 e. The summed E-state index contributed by atoms with van der Waals surface area (Å²) in [4.78, 5) is 24.0. The molecule has 0 bridgehead atoms. The first kappa shape index (κ1) is 13.5. The van der Waals surface area contributed by atoms with Gasteiger partial charge in [-0.2, -0.15) is 0 Å². The first-order valence-corrected chi connectivity index (χ1v) is 5.49. The fourth-order valence-corrected chi connectivity index (χ4v) is 1.62. The summed E-state index contributed by atoms with van der Waals surface area (Å²) in [6, 6.07) is -0.658. The molecular weight excluding hydrogens is 224 g/mol. The zero-order chi connectivity index (χ0) is 12.8. The average Bonchev–Trinajstić information content (AvgIpc) is 2.25. The first-order valence-electron chi connectivity index (χ1n) is 5.49. The van der Waals surface area contributed by atoms with E-state index in [2.05, 4.69) is 11.9 Å². The second-order valence-corrected chi connectivity index (χ2v) is 4.14. The molecule has 0 aromatic rings. The van der Waals surface area contributed by atoms with Crippen molar-refractivity contribution in [1.82, 2.24) is 10.2 Å². The maximum absolute atomic E-state index is 11.8. The molecule has 96 valence electrons. The molecule has 0 saturated carbocycles.